The van der Waals surface area contributed by atoms with E-state index in [2.05, 4.69) is 26.1 Å². The second kappa shape index (κ2) is 5.60. The molecule has 1 saturated heterocycles. The van der Waals surface area contributed by atoms with E-state index in [1.165, 1.54) is 12.8 Å². The number of halogens is 2. The van der Waals surface area contributed by atoms with Gasteiger partial charge in [0.25, 0.3) is 0 Å². The van der Waals surface area contributed by atoms with Crippen molar-refractivity contribution in [3.05, 3.63) is 27.2 Å². The highest BCUT2D eigenvalue weighted by atomic mass is 79.9. The fraction of sp³-hybridized carbons (Fsp3) is 0.571. The number of benzene rings is 1. The van der Waals surface area contributed by atoms with E-state index in [4.69, 9.17) is 11.6 Å². The fourth-order valence-corrected chi connectivity index (χ4v) is 3.43. The molecule has 0 unspecified atom stereocenters. The summed E-state index contributed by atoms with van der Waals surface area (Å²) in [5.41, 5.74) is 1.01. The number of rotatable bonds is 3. The van der Waals surface area contributed by atoms with Gasteiger partial charge in [-0.15, -0.1) is 0 Å². The average molecular weight is 346 g/mol. The summed E-state index contributed by atoms with van der Waals surface area (Å²) >= 11 is 9.42. The van der Waals surface area contributed by atoms with E-state index >= 15 is 0 Å². The minimum absolute atomic E-state index is 0.308. The Labute approximate surface area is 127 Å². The molecule has 0 aromatic heterocycles. The zero-order valence-corrected chi connectivity index (χ0v) is 13.0. The van der Waals surface area contributed by atoms with Crippen molar-refractivity contribution in [2.24, 2.45) is 5.92 Å². The van der Waals surface area contributed by atoms with E-state index in [1.807, 2.05) is 12.1 Å². The highest BCUT2D eigenvalue weighted by molar-refractivity contribution is 9.10. The predicted octanol–water partition coefficient (Wildman–Crippen LogP) is 3.16. The maximum absolute atomic E-state index is 10.4. The maximum atomic E-state index is 10.4. The Morgan fingerprint density at radius 2 is 2.00 bits per heavy atom. The molecule has 1 aliphatic carbocycles. The number of phenols is 1. The zero-order valence-electron chi connectivity index (χ0n) is 10.7. The lowest BCUT2D eigenvalue weighted by molar-refractivity contribution is 0.153. The van der Waals surface area contributed by atoms with Crippen LogP contribution in [0.4, 0.5) is 0 Å². The first-order chi connectivity index (χ1) is 9.18. The van der Waals surface area contributed by atoms with Crippen LogP contribution in [0, 0.1) is 5.92 Å². The molecule has 0 bridgehead atoms. The van der Waals surface area contributed by atoms with Crippen molar-refractivity contribution in [2.75, 3.05) is 26.2 Å². The van der Waals surface area contributed by atoms with Gasteiger partial charge in [0.1, 0.15) is 5.75 Å². The molecule has 3 nitrogen and oxygen atoms in total. The Morgan fingerprint density at radius 3 is 2.63 bits per heavy atom. The predicted molar refractivity (Wildman–Crippen MR) is 80.7 cm³/mol. The first-order valence-electron chi connectivity index (χ1n) is 6.80. The molecule has 0 spiro atoms. The van der Waals surface area contributed by atoms with Crippen molar-refractivity contribution in [1.82, 2.24) is 10.2 Å². The summed E-state index contributed by atoms with van der Waals surface area (Å²) in [6.45, 7) is 4.14. The molecule has 1 saturated carbocycles. The van der Waals surface area contributed by atoms with Crippen LogP contribution in [0.1, 0.15) is 24.4 Å². The lowest BCUT2D eigenvalue weighted by Gasteiger charge is -2.36. The quantitative estimate of drug-likeness (QED) is 0.883. The van der Waals surface area contributed by atoms with Crippen LogP contribution >= 0.6 is 27.5 Å². The summed E-state index contributed by atoms with van der Waals surface area (Å²) in [7, 11) is 0. The SMILES string of the molecule is Oc1c([C@H](C2CC2)N2CCNCC2)ccc(Cl)c1Br. The molecule has 104 valence electrons. The van der Waals surface area contributed by atoms with Gasteiger partial charge < -0.3 is 10.4 Å². The van der Waals surface area contributed by atoms with Gasteiger partial charge in [0.15, 0.2) is 0 Å². The van der Waals surface area contributed by atoms with Crippen LogP contribution in [0.25, 0.3) is 0 Å². The molecule has 1 atom stereocenters. The lowest BCUT2D eigenvalue weighted by atomic mass is 9.99. The topological polar surface area (TPSA) is 35.5 Å². The van der Waals surface area contributed by atoms with E-state index in [9.17, 15) is 5.11 Å². The number of phenolic OH excluding ortho intramolecular Hbond substituents is 1. The maximum Gasteiger partial charge on any atom is 0.136 e. The normalized spacial score (nSPS) is 22.4. The highest BCUT2D eigenvalue weighted by Gasteiger charge is 2.38. The Morgan fingerprint density at radius 1 is 1.32 bits per heavy atom. The van der Waals surface area contributed by atoms with Crippen molar-refractivity contribution in [2.45, 2.75) is 18.9 Å². The first kappa shape index (κ1) is 13.7. The molecule has 2 N–H and O–H groups in total. The summed E-state index contributed by atoms with van der Waals surface area (Å²) in [6, 6.07) is 4.18. The van der Waals surface area contributed by atoms with Gasteiger partial charge in [-0.1, -0.05) is 17.7 Å². The summed E-state index contributed by atoms with van der Waals surface area (Å²) in [6.07, 6.45) is 2.52. The van der Waals surface area contributed by atoms with Crippen LogP contribution in [-0.2, 0) is 0 Å². The zero-order chi connectivity index (χ0) is 13.4. The molecule has 1 heterocycles. The third-order valence-electron chi connectivity index (χ3n) is 4.03. The molecular formula is C14H18BrClN2O. The first-order valence-corrected chi connectivity index (χ1v) is 7.97. The van der Waals surface area contributed by atoms with Gasteiger partial charge in [0.2, 0.25) is 0 Å². The minimum Gasteiger partial charge on any atom is -0.506 e. The van der Waals surface area contributed by atoms with E-state index in [0.717, 1.165) is 31.7 Å². The molecular weight excluding hydrogens is 328 g/mol. The summed E-state index contributed by atoms with van der Waals surface area (Å²) in [5, 5.41) is 14.3. The van der Waals surface area contributed by atoms with Crippen LogP contribution in [0.5, 0.6) is 5.75 Å². The third-order valence-corrected chi connectivity index (χ3v) is 5.38. The number of piperazine rings is 1. The molecule has 5 heteroatoms. The molecule has 2 fully saturated rings. The van der Waals surface area contributed by atoms with Crippen LogP contribution in [0.2, 0.25) is 5.02 Å². The van der Waals surface area contributed by atoms with Gasteiger partial charge in [-0.05, 0) is 40.8 Å². The van der Waals surface area contributed by atoms with Crippen LogP contribution < -0.4 is 5.32 Å². The van der Waals surface area contributed by atoms with E-state index < -0.39 is 0 Å². The van der Waals surface area contributed by atoms with Crippen LogP contribution in [0.15, 0.2) is 16.6 Å². The van der Waals surface area contributed by atoms with Gasteiger partial charge in [-0.2, -0.15) is 0 Å². The molecule has 1 aliphatic heterocycles. The lowest BCUT2D eigenvalue weighted by Crippen LogP contribution is -2.45. The second-order valence-electron chi connectivity index (χ2n) is 5.37. The molecule has 2 aliphatic rings. The molecule has 3 rings (SSSR count). The summed E-state index contributed by atoms with van der Waals surface area (Å²) in [4.78, 5) is 2.49. The van der Waals surface area contributed by atoms with E-state index in [1.54, 1.807) is 0 Å². The Bertz CT molecular complexity index is 473. The number of nitrogens with zero attached hydrogens (tertiary/aromatic N) is 1. The third kappa shape index (κ3) is 2.77. The van der Waals surface area contributed by atoms with Gasteiger partial charge in [0.05, 0.1) is 9.50 Å². The van der Waals surface area contributed by atoms with Crippen molar-refractivity contribution in [3.63, 3.8) is 0 Å². The molecule has 1 aromatic rings. The standard InChI is InChI=1S/C14H18BrClN2O/c15-12-11(16)4-3-10(14(12)19)13(9-1-2-9)18-7-5-17-6-8-18/h3-4,9,13,17,19H,1-2,5-8H2/t13-/m0/s1. The number of aromatic hydroxyl groups is 1. The van der Waals surface area contributed by atoms with Crippen LogP contribution in [-0.4, -0.2) is 36.2 Å². The fourth-order valence-electron chi connectivity index (χ4n) is 2.91. The van der Waals surface area contributed by atoms with E-state index in [-0.39, 0.29) is 0 Å². The molecule has 0 amide bonds. The Kier molecular flexibility index (Phi) is 4.03. The highest BCUT2D eigenvalue weighted by Crippen LogP contribution is 2.49. The van der Waals surface area contributed by atoms with Crippen molar-refractivity contribution in [3.8, 4) is 5.75 Å². The van der Waals surface area contributed by atoms with Crippen molar-refractivity contribution in [1.29, 1.82) is 0 Å². The van der Waals surface area contributed by atoms with Crippen LogP contribution in [0.3, 0.4) is 0 Å². The van der Waals surface area contributed by atoms with Gasteiger partial charge in [-0.3, -0.25) is 4.90 Å². The smallest absolute Gasteiger partial charge is 0.136 e. The van der Waals surface area contributed by atoms with Gasteiger partial charge >= 0.3 is 0 Å². The largest absolute Gasteiger partial charge is 0.506 e. The Hall–Kier alpha value is -0.290. The summed E-state index contributed by atoms with van der Waals surface area (Å²) in [5.74, 6) is 0.986. The number of nitrogens with one attached hydrogen (secondary N) is 1. The van der Waals surface area contributed by atoms with Gasteiger partial charge in [0, 0.05) is 37.8 Å². The Balaban J connectivity index is 1.93. The number of hydrogen-bond donors (Lipinski definition) is 2. The van der Waals surface area contributed by atoms with Gasteiger partial charge in [-0.25, -0.2) is 0 Å². The molecule has 0 radical (unpaired) electrons. The molecule has 1 aromatic carbocycles. The number of hydrogen-bond acceptors (Lipinski definition) is 3. The molecule has 19 heavy (non-hydrogen) atoms. The average Bonchev–Trinajstić information content (AvgIpc) is 3.25. The second-order valence-corrected chi connectivity index (χ2v) is 6.57. The van der Waals surface area contributed by atoms with Crippen molar-refractivity contribution < 1.29 is 5.11 Å². The monoisotopic (exact) mass is 344 g/mol. The summed E-state index contributed by atoms with van der Waals surface area (Å²) < 4.78 is 0.618. The van der Waals surface area contributed by atoms with E-state index in [0.29, 0.717) is 27.2 Å². The van der Waals surface area contributed by atoms with Crippen molar-refractivity contribution >= 4 is 27.5 Å². The minimum atomic E-state index is 0.308.